The summed E-state index contributed by atoms with van der Waals surface area (Å²) >= 11 is 0. The van der Waals surface area contributed by atoms with Crippen molar-refractivity contribution in [3.8, 4) is 0 Å². The maximum atomic E-state index is 10.9. The molecule has 0 bridgehead atoms. The van der Waals surface area contributed by atoms with Crippen LogP contribution in [0, 0.1) is 0 Å². The van der Waals surface area contributed by atoms with Crippen molar-refractivity contribution in [2.75, 3.05) is 0 Å². The Labute approximate surface area is 60.7 Å². The fourth-order valence-corrected chi connectivity index (χ4v) is 0.743. The van der Waals surface area contributed by atoms with E-state index in [1.54, 1.807) is 0 Å². The van der Waals surface area contributed by atoms with E-state index in [1.165, 1.54) is 12.4 Å². The Morgan fingerprint density at radius 1 is 1.18 bits per heavy atom. The molecule has 11 heavy (non-hydrogen) atoms. The van der Waals surface area contributed by atoms with Crippen LogP contribution in [-0.4, -0.2) is 15.0 Å². The summed E-state index contributed by atoms with van der Waals surface area (Å²) in [5.41, 5.74) is -0.0400. The van der Waals surface area contributed by atoms with Gasteiger partial charge in [-0.1, -0.05) is 0 Å². The summed E-state index contributed by atoms with van der Waals surface area (Å²) in [5, 5.41) is 0. The predicted molar refractivity (Wildman–Crippen MR) is 35.9 cm³/mol. The molecule has 0 N–H and O–H groups in total. The van der Waals surface area contributed by atoms with Gasteiger partial charge in [0.15, 0.2) is 11.9 Å². The molecule has 0 aliphatic heterocycles. The van der Waals surface area contributed by atoms with Crippen LogP contribution in [0.4, 0.5) is 0 Å². The molecule has 0 atom stereocenters. The Kier molecular flexibility index (Phi) is 1.15. The molecule has 2 aromatic rings. The lowest BCUT2D eigenvalue weighted by molar-refractivity contribution is 0.562. The molecular formula is C6H3N3O2. The van der Waals surface area contributed by atoms with Gasteiger partial charge in [-0.25, -0.2) is 9.97 Å². The fraction of sp³-hybridized carbons (Fsp3) is 0. The minimum absolute atomic E-state index is 0.162. The minimum atomic E-state index is -0.417. The lowest BCUT2D eigenvalue weighted by Crippen LogP contribution is -2.06. The average Bonchev–Trinajstić information content (AvgIpc) is 2.06. The summed E-state index contributed by atoms with van der Waals surface area (Å²) < 4.78 is 4.81. The number of aromatic nitrogens is 3. The van der Waals surface area contributed by atoms with Crippen molar-refractivity contribution < 1.29 is 4.42 Å². The summed E-state index contributed by atoms with van der Waals surface area (Å²) in [4.78, 5) is 21.8. The first kappa shape index (κ1) is 5.96. The second-order valence-corrected chi connectivity index (χ2v) is 1.87. The maximum absolute atomic E-state index is 10.9. The number of nitrogens with zero attached hydrogens (tertiary/aromatic N) is 3. The third kappa shape index (κ3) is 0.861. The van der Waals surface area contributed by atoms with E-state index in [9.17, 15) is 4.79 Å². The fourth-order valence-electron chi connectivity index (χ4n) is 0.743. The highest BCUT2D eigenvalue weighted by atomic mass is 16.3. The molecule has 0 aliphatic carbocycles. The zero-order valence-corrected chi connectivity index (χ0v) is 5.39. The first-order valence-electron chi connectivity index (χ1n) is 2.92. The summed E-state index contributed by atoms with van der Waals surface area (Å²) in [6, 6.07) is 0. The van der Waals surface area contributed by atoms with Crippen LogP contribution in [-0.2, 0) is 0 Å². The van der Waals surface area contributed by atoms with Crippen LogP contribution in [0.1, 0.15) is 0 Å². The zero-order valence-electron chi connectivity index (χ0n) is 5.39. The molecule has 2 heterocycles. The molecule has 0 aliphatic rings. The molecule has 0 aromatic carbocycles. The molecule has 0 saturated heterocycles. The first-order chi connectivity index (χ1) is 5.38. The van der Waals surface area contributed by atoms with Crippen LogP contribution in [0.25, 0.3) is 11.2 Å². The number of hydrogen-bond donors (Lipinski definition) is 0. The van der Waals surface area contributed by atoms with Gasteiger partial charge in [-0.2, -0.15) is 4.98 Å². The van der Waals surface area contributed by atoms with Crippen molar-refractivity contribution in [1.29, 1.82) is 0 Å². The van der Waals surface area contributed by atoms with E-state index in [-0.39, 0.29) is 11.2 Å². The molecule has 0 fully saturated rings. The Balaban J connectivity index is 3.03. The van der Waals surface area contributed by atoms with Crippen LogP contribution >= 0.6 is 0 Å². The Bertz CT molecular complexity index is 432. The average molecular weight is 149 g/mol. The van der Waals surface area contributed by atoms with Crippen LogP contribution in [0.15, 0.2) is 28.0 Å². The lowest BCUT2D eigenvalue weighted by Gasteiger charge is -1.88. The van der Waals surface area contributed by atoms with E-state index < -0.39 is 5.56 Å². The smallest absolute Gasteiger partial charge is 0.303 e. The normalized spacial score (nSPS) is 10.2. The molecule has 5 heteroatoms. The minimum Gasteiger partial charge on any atom is -0.425 e. The highest BCUT2D eigenvalue weighted by Crippen LogP contribution is 1.97. The Morgan fingerprint density at radius 2 is 2.00 bits per heavy atom. The SMILES string of the molecule is O=c1ncoc2nccnc12. The van der Waals surface area contributed by atoms with Gasteiger partial charge in [0, 0.05) is 12.4 Å². The number of fused-ring (bicyclic) bond motifs is 1. The highest BCUT2D eigenvalue weighted by Gasteiger charge is 1.99. The molecule has 0 radical (unpaired) electrons. The van der Waals surface area contributed by atoms with E-state index in [1.807, 2.05) is 0 Å². The molecule has 0 saturated carbocycles. The molecule has 5 nitrogen and oxygen atoms in total. The van der Waals surface area contributed by atoms with Gasteiger partial charge in [0.2, 0.25) is 0 Å². The van der Waals surface area contributed by atoms with Gasteiger partial charge in [-0.15, -0.1) is 0 Å². The standard InChI is InChI=1S/C6H3N3O2/c10-5-4-6(11-3-9-5)8-2-1-7-4/h1-3H. The zero-order chi connectivity index (χ0) is 7.68. The third-order valence-electron chi connectivity index (χ3n) is 1.20. The summed E-state index contributed by atoms with van der Waals surface area (Å²) in [7, 11) is 0. The van der Waals surface area contributed by atoms with Crippen molar-refractivity contribution in [2.24, 2.45) is 0 Å². The van der Waals surface area contributed by atoms with Crippen molar-refractivity contribution in [2.45, 2.75) is 0 Å². The van der Waals surface area contributed by atoms with Crippen LogP contribution in [0.5, 0.6) is 0 Å². The van der Waals surface area contributed by atoms with Gasteiger partial charge >= 0.3 is 5.56 Å². The van der Waals surface area contributed by atoms with Crippen molar-refractivity contribution >= 4 is 11.2 Å². The predicted octanol–water partition coefficient (Wildman–Crippen LogP) is -0.0220. The Hall–Kier alpha value is -1.78. The van der Waals surface area contributed by atoms with Crippen molar-refractivity contribution in [1.82, 2.24) is 15.0 Å². The van der Waals surface area contributed by atoms with E-state index in [4.69, 9.17) is 4.42 Å². The molecular weight excluding hydrogens is 146 g/mol. The van der Waals surface area contributed by atoms with Crippen molar-refractivity contribution in [3.63, 3.8) is 0 Å². The summed E-state index contributed by atoms with van der Waals surface area (Å²) in [6.45, 7) is 0. The summed E-state index contributed by atoms with van der Waals surface area (Å²) in [6.07, 6.45) is 3.92. The van der Waals surface area contributed by atoms with Gasteiger partial charge in [0.25, 0.3) is 5.71 Å². The van der Waals surface area contributed by atoms with Crippen LogP contribution < -0.4 is 5.56 Å². The second kappa shape index (κ2) is 2.12. The van der Waals surface area contributed by atoms with E-state index in [2.05, 4.69) is 15.0 Å². The van der Waals surface area contributed by atoms with Crippen LogP contribution in [0.2, 0.25) is 0 Å². The molecule has 0 amide bonds. The second-order valence-electron chi connectivity index (χ2n) is 1.87. The van der Waals surface area contributed by atoms with Gasteiger partial charge in [-0.05, 0) is 0 Å². The molecule has 2 aromatic heterocycles. The summed E-state index contributed by atoms with van der Waals surface area (Å²) in [5.74, 6) is 0. The monoisotopic (exact) mass is 149 g/mol. The molecule has 0 spiro atoms. The van der Waals surface area contributed by atoms with E-state index in [0.29, 0.717) is 0 Å². The van der Waals surface area contributed by atoms with Gasteiger partial charge in [0.05, 0.1) is 0 Å². The van der Waals surface area contributed by atoms with Crippen LogP contribution in [0.3, 0.4) is 0 Å². The van der Waals surface area contributed by atoms with E-state index in [0.717, 1.165) is 6.39 Å². The first-order valence-corrected chi connectivity index (χ1v) is 2.92. The van der Waals surface area contributed by atoms with Crippen molar-refractivity contribution in [3.05, 3.63) is 29.1 Å². The third-order valence-corrected chi connectivity index (χ3v) is 1.20. The molecule has 0 unspecified atom stereocenters. The number of rotatable bonds is 0. The van der Waals surface area contributed by atoms with Gasteiger partial charge in [-0.3, -0.25) is 4.79 Å². The topological polar surface area (TPSA) is 68.9 Å². The quantitative estimate of drug-likeness (QED) is 0.526. The van der Waals surface area contributed by atoms with E-state index >= 15 is 0 Å². The highest BCUT2D eigenvalue weighted by molar-refractivity contribution is 5.64. The Morgan fingerprint density at radius 3 is 2.82 bits per heavy atom. The molecule has 2 rings (SSSR count). The number of hydrogen-bond acceptors (Lipinski definition) is 5. The maximum Gasteiger partial charge on any atom is 0.303 e. The van der Waals surface area contributed by atoms with Gasteiger partial charge < -0.3 is 4.42 Å². The van der Waals surface area contributed by atoms with Gasteiger partial charge in [0.1, 0.15) is 0 Å². The largest absolute Gasteiger partial charge is 0.425 e. The lowest BCUT2D eigenvalue weighted by atomic mass is 10.5. The molecule has 54 valence electrons.